The predicted molar refractivity (Wildman–Crippen MR) is 105 cm³/mol. The number of nitrogens with zero attached hydrogens (tertiary/aromatic N) is 3. The first-order valence-electron chi connectivity index (χ1n) is 9.86. The fourth-order valence-corrected chi connectivity index (χ4v) is 4.08. The summed E-state index contributed by atoms with van der Waals surface area (Å²) in [6.07, 6.45) is 5.96. The van der Waals surface area contributed by atoms with Gasteiger partial charge in [0.15, 0.2) is 0 Å². The lowest BCUT2D eigenvalue weighted by Crippen LogP contribution is -2.33. The quantitative estimate of drug-likeness (QED) is 0.798. The number of hydrogen-bond donors (Lipinski definition) is 1. The highest BCUT2D eigenvalue weighted by atomic mass is 16.5. The maximum absolute atomic E-state index is 12.9. The lowest BCUT2D eigenvalue weighted by molar-refractivity contribution is -0.121. The zero-order chi connectivity index (χ0) is 20.4. The molecule has 8 nitrogen and oxygen atoms in total. The lowest BCUT2D eigenvalue weighted by Gasteiger charge is -2.22. The van der Waals surface area contributed by atoms with Gasteiger partial charge in [0.05, 0.1) is 24.9 Å². The number of amides is 2. The van der Waals surface area contributed by atoms with E-state index in [9.17, 15) is 14.4 Å². The van der Waals surface area contributed by atoms with Gasteiger partial charge in [-0.15, -0.1) is 0 Å². The van der Waals surface area contributed by atoms with E-state index >= 15 is 0 Å². The second-order valence-corrected chi connectivity index (χ2v) is 7.47. The molecule has 0 aromatic carbocycles. The van der Waals surface area contributed by atoms with Gasteiger partial charge in [-0.3, -0.25) is 14.4 Å². The monoisotopic (exact) mass is 396 g/mol. The molecule has 0 spiro atoms. The number of methoxy groups -OCH3 is 1. The third kappa shape index (κ3) is 3.87. The van der Waals surface area contributed by atoms with Crippen molar-refractivity contribution < 1.29 is 14.3 Å². The number of nitrogens with one attached hydrogen (secondary N) is 1. The normalized spacial score (nSPS) is 16.2. The highest BCUT2D eigenvalue weighted by Crippen LogP contribution is 2.33. The van der Waals surface area contributed by atoms with Gasteiger partial charge < -0.3 is 19.5 Å². The van der Waals surface area contributed by atoms with Crippen molar-refractivity contribution >= 4 is 11.8 Å². The Kier molecular flexibility index (Phi) is 5.33. The fraction of sp³-hybridized carbons (Fsp3) is 0.429. The van der Waals surface area contributed by atoms with Crippen molar-refractivity contribution in [2.75, 3.05) is 7.11 Å². The Balaban J connectivity index is 1.47. The van der Waals surface area contributed by atoms with E-state index in [-0.39, 0.29) is 36.5 Å². The Hall–Kier alpha value is -3.16. The van der Waals surface area contributed by atoms with Crippen molar-refractivity contribution in [2.45, 2.75) is 51.4 Å². The van der Waals surface area contributed by atoms with Gasteiger partial charge in [-0.05, 0) is 25.0 Å². The van der Waals surface area contributed by atoms with Gasteiger partial charge in [-0.2, -0.15) is 0 Å². The van der Waals surface area contributed by atoms with E-state index in [1.165, 1.54) is 17.7 Å². The summed E-state index contributed by atoms with van der Waals surface area (Å²) in [5.74, 6) is 0.104. The molecule has 4 rings (SSSR count). The molecule has 2 aromatic heterocycles. The van der Waals surface area contributed by atoms with Crippen LogP contribution in [0.2, 0.25) is 0 Å². The summed E-state index contributed by atoms with van der Waals surface area (Å²) in [6, 6.07) is 6.79. The van der Waals surface area contributed by atoms with Crippen LogP contribution in [0.4, 0.5) is 0 Å². The number of pyridine rings is 2. The maximum Gasteiger partial charge on any atom is 0.256 e. The van der Waals surface area contributed by atoms with E-state index < -0.39 is 0 Å². The standard InChI is InChI=1S/C21H24N4O4/c1-29-20-14(11-22-18(26)13-24-9-5-4-8-19(24)27)10-16-17(23-20)12-25(21(16)28)15-6-2-3-7-15/h4-5,8-10,15H,2-3,6-7,11-13H2,1H3,(H,22,26). The second kappa shape index (κ2) is 8.06. The number of rotatable bonds is 6. The van der Waals surface area contributed by atoms with Crippen LogP contribution in [0, 0.1) is 0 Å². The summed E-state index contributed by atoms with van der Waals surface area (Å²) < 4.78 is 6.72. The van der Waals surface area contributed by atoms with Gasteiger partial charge >= 0.3 is 0 Å². The average Bonchev–Trinajstić information content (AvgIpc) is 3.35. The van der Waals surface area contributed by atoms with E-state index in [0.717, 1.165) is 31.4 Å². The van der Waals surface area contributed by atoms with Crippen LogP contribution >= 0.6 is 0 Å². The Morgan fingerprint density at radius 1 is 1.28 bits per heavy atom. The van der Waals surface area contributed by atoms with Crippen molar-refractivity contribution in [1.29, 1.82) is 0 Å². The Labute approximate surface area is 168 Å². The largest absolute Gasteiger partial charge is 0.481 e. The van der Waals surface area contributed by atoms with Crippen LogP contribution in [0.15, 0.2) is 35.3 Å². The number of fused-ring (bicyclic) bond motifs is 1. The van der Waals surface area contributed by atoms with Crippen molar-refractivity contribution in [3.05, 3.63) is 57.6 Å². The van der Waals surface area contributed by atoms with Crippen LogP contribution in [-0.4, -0.2) is 39.4 Å². The molecule has 1 saturated carbocycles. The highest BCUT2D eigenvalue weighted by molar-refractivity contribution is 5.98. The first-order valence-corrected chi connectivity index (χ1v) is 9.86. The Morgan fingerprint density at radius 3 is 2.79 bits per heavy atom. The molecule has 152 valence electrons. The SMILES string of the molecule is COc1nc2c(cc1CNC(=O)Cn1ccccc1=O)C(=O)N(C1CCCC1)C2. The zero-order valence-electron chi connectivity index (χ0n) is 16.4. The van der Waals surface area contributed by atoms with Crippen molar-refractivity contribution in [2.24, 2.45) is 0 Å². The van der Waals surface area contributed by atoms with Crippen molar-refractivity contribution in [3.63, 3.8) is 0 Å². The minimum Gasteiger partial charge on any atom is -0.481 e. The summed E-state index contributed by atoms with van der Waals surface area (Å²) in [5, 5.41) is 2.78. The van der Waals surface area contributed by atoms with E-state index in [0.29, 0.717) is 23.6 Å². The Morgan fingerprint density at radius 2 is 2.07 bits per heavy atom. The summed E-state index contributed by atoms with van der Waals surface area (Å²) in [6.45, 7) is 0.605. The summed E-state index contributed by atoms with van der Waals surface area (Å²) in [4.78, 5) is 43.3. The van der Waals surface area contributed by atoms with Crippen LogP contribution in [0.1, 0.15) is 47.3 Å². The third-order valence-corrected chi connectivity index (χ3v) is 5.60. The maximum atomic E-state index is 12.9. The molecular formula is C21H24N4O4. The summed E-state index contributed by atoms with van der Waals surface area (Å²) in [5.41, 5.74) is 1.71. The number of aromatic nitrogens is 2. The molecule has 2 aromatic rings. The number of carbonyl (C=O) groups excluding carboxylic acids is 2. The molecular weight excluding hydrogens is 372 g/mol. The molecule has 0 bridgehead atoms. The Bertz CT molecular complexity index is 994. The van der Waals surface area contributed by atoms with Gasteiger partial charge in [0, 0.05) is 30.4 Å². The van der Waals surface area contributed by atoms with E-state index in [4.69, 9.17) is 4.74 Å². The molecule has 0 unspecified atom stereocenters. The molecule has 0 saturated heterocycles. The molecule has 1 aliphatic heterocycles. The molecule has 2 amide bonds. The topological polar surface area (TPSA) is 93.5 Å². The molecule has 1 N–H and O–H groups in total. The first kappa shape index (κ1) is 19.2. The van der Waals surface area contributed by atoms with Crippen LogP contribution in [0.5, 0.6) is 5.88 Å². The number of hydrogen-bond acceptors (Lipinski definition) is 5. The highest BCUT2D eigenvalue weighted by Gasteiger charge is 2.35. The van der Waals surface area contributed by atoms with Crippen LogP contribution in [-0.2, 0) is 24.4 Å². The van der Waals surface area contributed by atoms with Crippen LogP contribution in [0.3, 0.4) is 0 Å². The molecule has 29 heavy (non-hydrogen) atoms. The fourth-order valence-electron chi connectivity index (χ4n) is 4.08. The molecule has 2 aliphatic rings. The molecule has 0 radical (unpaired) electrons. The van der Waals surface area contributed by atoms with Gasteiger partial charge in [0.1, 0.15) is 6.54 Å². The van der Waals surface area contributed by atoms with E-state index in [1.54, 1.807) is 24.4 Å². The molecule has 0 atom stereocenters. The van der Waals surface area contributed by atoms with E-state index in [1.807, 2.05) is 4.90 Å². The minimum absolute atomic E-state index is 0.00506. The first-order chi connectivity index (χ1) is 14.1. The molecule has 1 fully saturated rings. The lowest BCUT2D eigenvalue weighted by atomic mass is 10.1. The van der Waals surface area contributed by atoms with Gasteiger partial charge in [0.25, 0.3) is 11.5 Å². The third-order valence-electron chi connectivity index (χ3n) is 5.60. The van der Waals surface area contributed by atoms with Crippen LogP contribution < -0.4 is 15.6 Å². The van der Waals surface area contributed by atoms with Crippen molar-refractivity contribution in [1.82, 2.24) is 19.8 Å². The number of carbonyl (C=O) groups is 2. The average molecular weight is 396 g/mol. The number of ether oxygens (including phenoxy) is 1. The van der Waals surface area contributed by atoms with Gasteiger partial charge in [-0.25, -0.2) is 4.98 Å². The summed E-state index contributed by atoms with van der Waals surface area (Å²) >= 11 is 0. The minimum atomic E-state index is -0.306. The molecule has 8 heteroatoms. The molecule has 1 aliphatic carbocycles. The molecule has 3 heterocycles. The van der Waals surface area contributed by atoms with Crippen molar-refractivity contribution in [3.8, 4) is 5.88 Å². The van der Waals surface area contributed by atoms with Crippen LogP contribution in [0.25, 0.3) is 0 Å². The van der Waals surface area contributed by atoms with Gasteiger partial charge in [0.2, 0.25) is 11.8 Å². The second-order valence-electron chi connectivity index (χ2n) is 7.47. The van der Waals surface area contributed by atoms with E-state index in [2.05, 4.69) is 10.3 Å². The van der Waals surface area contributed by atoms with Gasteiger partial charge in [-0.1, -0.05) is 18.9 Å². The zero-order valence-corrected chi connectivity index (χ0v) is 16.4. The smallest absolute Gasteiger partial charge is 0.256 e. The summed E-state index contributed by atoms with van der Waals surface area (Å²) in [7, 11) is 1.52. The predicted octanol–water partition coefficient (Wildman–Crippen LogP) is 1.47.